The number of rotatable bonds is 6. The SMILES string of the molecule is O=[N+]([O-])c1cc([N+](=O)[O-])c(-n2nc3c([N+](=O)[O-])cc([N+](=O)[O-])c(O)c3n2)c([N+](=O)[O-])c1O. The van der Waals surface area contributed by atoms with Crippen molar-refractivity contribution in [2.75, 3.05) is 0 Å². The van der Waals surface area contributed by atoms with Gasteiger partial charge in [-0.1, -0.05) is 0 Å². The quantitative estimate of drug-likeness (QED) is 0.394. The Morgan fingerprint density at radius 1 is 0.625 bits per heavy atom. The van der Waals surface area contributed by atoms with Crippen LogP contribution in [-0.2, 0) is 0 Å². The zero-order chi connectivity index (χ0) is 24.1. The van der Waals surface area contributed by atoms with E-state index >= 15 is 0 Å². The monoisotopic (exact) mass is 452 g/mol. The molecule has 3 aromatic rings. The number of non-ortho nitro benzene ring substituents is 1. The molecule has 2 N–H and O–H groups in total. The van der Waals surface area contributed by atoms with Gasteiger partial charge in [-0.15, -0.1) is 15.0 Å². The van der Waals surface area contributed by atoms with Crippen LogP contribution >= 0.6 is 0 Å². The van der Waals surface area contributed by atoms with Crippen LogP contribution in [-0.4, -0.2) is 49.8 Å². The lowest BCUT2D eigenvalue weighted by molar-refractivity contribution is -0.404. The lowest BCUT2D eigenvalue weighted by atomic mass is 10.2. The van der Waals surface area contributed by atoms with Gasteiger partial charge in [0.1, 0.15) is 12.1 Å². The highest BCUT2D eigenvalue weighted by atomic mass is 16.6. The molecule has 1 heterocycles. The average molecular weight is 452 g/mol. The summed E-state index contributed by atoms with van der Waals surface area (Å²) in [6.45, 7) is 0. The van der Waals surface area contributed by atoms with Gasteiger partial charge in [-0.05, 0) is 0 Å². The summed E-state index contributed by atoms with van der Waals surface area (Å²) in [5.41, 5.74) is -9.73. The first-order valence-corrected chi connectivity index (χ1v) is 7.62. The first-order chi connectivity index (χ1) is 14.9. The zero-order valence-corrected chi connectivity index (χ0v) is 14.7. The summed E-state index contributed by atoms with van der Waals surface area (Å²) in [5, 5.41) is 83.1. The van der Waals surface area contributed by atoms with Crippen LogP contribution in [0.2, 0.25) is 0 Å². The topological polar surface area (TPSA) is 287 Å². The Balaban J connectivity index is 2.54. The normalized spacial score (nSPS) is 10.8. The molecule has 164 valence electrons. The van der Waals surface area contributed by atoms with E-state index in [-0.39, 0.29) is 10.9 Å². The van der Waals surface area contributed by atoms with Crippen molar-refractivity contribution < 1.29 is 34.8 Å². The molecule has 0 unspecified atom stereocenters. The van der Waals surface area contributed by atoms with Crippen molar-refractivity contribution in [3.05, 3.63) is 62.7 Å². The molecule has 0 bridgehead atoms. The fourth-order valence-corrected chi connectivity index (χ4v) is 2.67. The van der Waals surface area contributed by atoms with Gasteiger partial charge in [-0.2, -0.15) is 0 Å². The van der Waals surface area contributed by atoms with E-state index in [4.69, 9.17) is 0 Å². The third kappa shape index (κ3) is 3.04. The molecule has 0 spiro atoms. The largest absolute Gasteiger partial charge is 0.500 e. The first-order valence-electron chi connectivity index (χ1n) is 7.62. The van der Waals surface area contributed by atoms with Crippen LogP contribution in [0.15, 0.2) is 12.1 Å². The van der Waals surface area contributed by atoms with Crippen molar-refractivity contribution in [1.82, 2.24) is 15.0 Å². The fourth-order valence-electron chi connectivity index (χ4n) is 2.67. The minimum absolute atomic E-state index is 0.0147. The number of nitro benzene ring substituents is 5. The number of aromatic hydroxyl groups is 2. The van der Waals surface area contributed by atoms with Crippen LogP contribution < -0.4 is 0 Å². The van der Waals surface area contributed by atoms with Gasteiger partial charge in [0.05, 0.1) is 24.6 Å². The van der Waals surface area contributed by atoms with Crippen molar-refractivity contribution in [1.29, 1.82) is 0 Å². The molecule has 0 aliphatic heterocycles. The Morgan fingerprint density at radius 2 is 1.06 bits per heavy atom. The third-order valence-electron chi connectivity index (χ3n) is 3.97. The van der Waals surface area contributed by atoms with Gasteiger partial charge in [0.15, 0.2) is 11.0 Å². The van der Waals surface area contributed by atoms with Crippen molar-refractivity contribution in [2.45, 2.75) is 0 Å². The number of nitro groups is 5. The second-order valence-electron chi connectivity index (χ2n) is 5.70. The van der Waals surface area contributed by atoms with Crippen molar-refractivity contribution >= 4 is 39.5 Å². The molecule has 0 aliphatic rings. The summed E-state index contributed by atoms with van der Waals surface area (Å²) in [5.74, 6) is -2.87. The summed E-state index contributed by atoms with van der Waals surface area (Å²) in [7, 11) is 0. The van der Waals surface area contributed by atoms with Crippen LogP contribution in [0.3, 0.4) is 0 Å². The van der Waals surface area contributed by atoms with Gasteiger partial charge in [-0.25, -0.2) is 0 Å². The van der Waals surface area contributed by atoms with Gasteiger partial charge in [0.25, 0.3) is 5.75 Å². The second-order valence-corrected chi connectivity index (χ2v) is 5.70. The Morgan fingerprint density at radius 3 is 1.53 bits per heavy atom. The number of phenols is 2. The van der Waals surface area contributed by atoms with Crippen LogP contribution in [0.1, 0.15) is 0 Å². The van der Waals surface area contributed by atoms with E-state index in [0.29, 0.717) is 6.07 Å². The van der Waals surface area contributed by atoms with Crippen molar-refractivity contribution in [2.24, 2.45) is 0 Å². The Labute approximate surface area is 170 Å². The Kier molecular flexibility index (Phi) is 4.66. The molecule has 0 atom stereocenters. The number of hydrogen-bond acceptors (Lipinski definition) is 14. The summed E-state index contributed by atoms with van der Waals surface area (Å²) >= 11 is 0. The van der Waals surface area contributed by atoms with E-state index in [1.54, 1.807) is 0 Å². The molecule has 0 fully saturated rings. The van der Waals surface area contributed by atoms with Crippen LogP contribution in [0.25, 0.3) is 16.7 Å². The fraction of sp³-hybridized carbons (Fsp3) is 0. The molecule has 0 aliphatic carbocycles. The molecule has 1 aromatic heterocycles. The number of aromatic nitrogens is 3. The predicted octanol–water partition coefficient (Wildman–Crippen LogP) is 1.37. The van der Waals surface area contributed by atoms with Crippen LogP contribution in [0.5, 0.6) is 11.5 Å². The first kappa shape index (κ1) is 21.2. The maximum atomic E-state index is 11.5. The average Bonchev–Trinajstić information content (AvgIpc) is 3.11. The highest BCUT2D eigenvalue weighted by Crippen LogP contribution is 2.46. The minimum atomic E-state index is -1.62. The third-order valence-corrected chi connectivity index (χ3v) is 3.97. The molecular weight excluding hydrogens is 448 g/mol. The highest BCUT2D eigenvalue weighted by molar-refractivity contribution is 5.93. The molecule has 0 radical (unpaired) electrons. The van der Waals surface area contributed by atoms with E-state index in [9.17, 15) is 60.8 Å². The molecule has 20 heteroatoms. The smallest absolute Gasteiger partial charge is 0.352 e. The van der Waals surface area contributed by atoms with Crippen molar-refractivity contribution in [3.63, 3.8) is 0 Å². The molecular formula is C12H4N8O12. The Bertz CT molecular complexity index is 1390. The summed E-state index contributed by atoms with van der Waals surface area (Å²) in [6, 6.07) is 0.467. The number of hydrogen-bond donors (Lipinski definition) is 2. The maximum absolute atomic E-state index is 11.5. The molecule has 32 heavy (non-hydrogen) atoms. The van der Waals surface area contributed by atoms with Gasteiger partial charge >= 0.3 is 28.4 Å². The summed E-state index contributed by atoms with van der Waals surface area (Å²) in [4.78, 5) is 49.7. The number of benzene rings is 2. The van der Waals surface area contributed by atoms with E-state index in [0.717, 1.165) is 0 Å². The predicted molar refractivity (Wildman–Crippen MR) is 95.5 cm³/mol. The standard InChI is InChI=1S/C12H4N8O12/c21-11-5(18(27)28)1-3(16(23)24)7-8(11)14-15(13-7)9-4(17(25)26)2-6(19(29)30)12(22)10(9)20(31)32/h1-2,21-22H. The molecule has 0 amide bonds. The molecule has 0 saturated carbocycles. The van der Waals surface area contributed by atoms with Crippen LogP contribution in [0.4, 0.5) is 28.4 Å². The number of phenolic OH excluding ortho intramolecular Hbond substituents is 2. The van der Waals surface area contributed by atoms with Gasteiger partial charge < -0.3 is 10.2 Å². The van der Waals surface area contributed by atoms with Gasteiger partial charge in [-0.3, -0.25) is 50.6 Å². The molecule has 0 saturated heterocycles. The Hall–Kier alpha value is -5.56. The minimum Gasteiger partial charge on any atom is -0.500 e. The number of fused-ring (bicyclic) bond motifs is 1. The molecule has 3 rings (SSSR count). The number of nitrogens with zero attached hydrogens (tertiary/aromatic N) is 8. The van der Waals surface area contributed by atoms with Gasteiger partial charge in [0.2, 0.25) is 11.4 Å². The van der Waals surface area contributed by atoms with Gasteiger partial charge in [0, 0.05) is 0 Å². The molecule has 2 aromatic carbocycles. The lowest BCUT2D eigenvalue weighted by Gasteiger charge is -2.05. The zero-order valence-electron chi connectivity index (χ0n) is 14.7. The second kappa shape index (κ2) is 7.05. The highest BCUT2D eigenvalue weighted by Gasteiger charge is 2.40. The van der Waals surface area contributed by atoms with Crippen LogP contribution in [0, 0.1) is 50.6 Å². The van der Waals surface area contributed by atoms with E-state index < -0.39 is 81.3 Å². The molecule has 20 nitrogen and oxygen atoms in total. The lowest BCUT2D eigenvalue weighted by Crippen LogP contribution is -2.09. The van der Waals surface area contributed by atoms with E-state index in [2.05, 4.69) is 10.2 Å². The van der Waals surface area contributed by atoms with E-state index in [1.807, 2.05) is 0 Å². The van der Waals surface area contributed by atoms with Crippen molar-refractivity contribution in [3.8, 4) is 17.2 Å². The summed E-state index contributed by atoms with van der Waals surface area (Å²) in [6.07, 6.45) is 0. The summed E-state index contributed by atoms with van der Waals surface area (Å²) < 4.78 is 0. The van der Waals surface area contributed by atoms with E-state index in [1.165, 1.54) is 0 Å². The maximum Gasteiger partial charge on any atom is 0.352 e.